The first-order chi connectivity index (χ1) is 9.58. The molecule has 1 aromatic carbocycles. The number of ether oxygens (including phenoxy) is 1. The number of hydrogen-bond donors (Lipinski definition) is 1. The normalized spacial score (nSPS) is 19.2. The molecule has 0 spiro atoms. The number of aliphatic hydroxyl groups excluding tert-OH is 1. The van der Waals surface area contributed by atoms with Gasteiger partial charge in [-0.25, -0.2) is 0 Å². The lowest BCUT2D eigenvalue weighted by Crippen LogP contribution is -2.42. The van der Waals surface area contributed by atoms with Gasteiger partial charge in [0.05, 0.1) is 6.10 Å². The van der Waals surface area contributed by atoms with E-state index in [2.05, 4.69) is 18.7 Å². The average molecular weight is 277 g/mol. The van der Waals surface area contributed by atoms with Crippen LogP contribution in [0, 0.1) is 12.8 Å². The third kappa shape index (κ3) is 3.97. The van der Waals surface area contributed by atoms with Gasteiger partial charge in [0.2, 0.25) is 0 Å². The van der Waals surface area contributed by atoms with E-state index in [9.17, 15) is 5.11 Å². The van der Waals surface area contributed by atoms with E-state index in [0.717, 1.165) is 37.2 Å². The summed E-state index contributed by atoms with van der Waals surface area (Å²) in [6.45, 7) is 9.07. The first-order valence-corrected chi connectivity index (χ1v) is 7.68. The van der Waals surface area contributed by atoms with Gasteiger partial charge in [-0.3, -0.25) is 0 Å². The summed E-state index contributed by atoms with van der Waals surface area (Å²) in [4.78, 5) is 2.48. The molecule has 0 saturated carbocycles. The Bertz CT molecular complexity index is 411. The molecule has 1 atom stereocenters. The standard InChI is InChI=1S/C17H27NO2/c1-13(2)18-10-8-15(9-11-18)16(19)12-20-17-7-5-4-6-14(17)3/h4-7,13,15-16,19H,8-12H2,1-3H3. The number of nitrogens with zero attached hydrogens (tertiary/aromatic N) is 1. The number of likely N-dealkylation sites (tertiary alicyclic amines) is 1. The van der Waals surface area contributed by atoms with Crippen molar-refractivity contribution in [2.45, 2.75) is 45.8 Å². The molecule has 0 aromatic heterocycles. The van der Waals surface area contributed by atoms with Crippen LogP contribution >= 0.6 is 0 Å². The molecular formula is C17H27NO2. The fourth-order valence-corrected chi connectivity index (χ4v) is 2.85. The Labute approximate surface area is 122 Å². The van der Waals surface area contributed by atoms with Crippen molar-refractivity contribution < 1.29 is 9.84 Å². The van der Waals surface area contributed by atoms with Crippen LogP contribution in [0.3, 0.4) is 0 Å². The van der Waals surface area contributed by atoms with Crippen LogP contribution in [0.5, 0.6) is 5.75 Å². The molecule has 1 aromatic rings. The van der Waals surface area contributed by atoms with Gasteiger partial charge >= 0.3 is 0 Å². The molecule has 0 radical (unpaired) electrons. The minimum atomic E-state index is -0.357. The van der Waals surface area contributed by atoms with Crippen LogP contribution in [0.4, 0.5) is 0 Å². The molecule has 1 aliphatic rings. The summed E-state index contributed by atoms with van der Waals surface area (Å²) in [5, 5.41) is 10.3. The zero-order chi connectivity index (χ0) is 14.5. The number of rotatable bonds is 5. The third-order valence-electron chi connectivity index (χ3n) is 4.35. The van der Waals surface area contributed by atoms with E-state index in [1.807, 2.05) is 31.2 Å². The Morgan fingerprint density at radius 2 is 1.90 bits per heavy atom. The highest BCUT2D eigenvalue weighted by molar-refractivity contribution is 5.31. The lowest BCUT2D eigenvalue weighted by atomic mass is 9.91. The van der Waals surface area contributed by atoms with E-state index >= 15 is 0 Å². The molecule has 3 nitrogen and oxygen atoms in total. The lowest BCUT2D eigenvalue weighted by molar-refractivity contribution is 0.0203. The van der Waals surface area contributed by atoms with Gasteiger partial charge in [0, 0.05) is 6.04 Å². The molecule has 2 rings (SSSR count). The molecule has 1 saturated heterocycles. The molecule has 1 unspecified atom stereocenters. The molecule has 1 fully saturated rings. The molecule has 20 heavy (non-hydrogen) atoms. The second-order valence-electron chi connectivity index (χ2n) is 6.11. The maximum atomic E-state index is 10.3. The van der Waals surface area contributed by atoms with Crippen molar-refractivity contribution in [3.63, 3.8) is 0 Å². The number of hydrogen-bond acceptors (Lipinski definition) is 3. The number of benzene rings is 1. The Hall–Kier alpha value is -1.06. The summed E-state index contributed by atoms with van der Waals surface area (Å²) in [6, 6.07) is 8.57. The maximum Gasteiger partial charge on any atom is 0.122 e. The Kier molecular flexibility index (Phi) is 5.44. The second-order valence-corrected chi connectivity index (χ2v) is 6.11. The zero-order valence-corrected chi connectivity index (χ0v) is 12.9. The third-order valence-corrected chi connectivity index (χ3v) is 4.35. The number of piperidine rings is 1. The highest BCUT2D eigenvalue weighted by Gasteiger charge is 2.26. The quantitative estimate of drug-likeness (QED) is 0.898. The molecule has 1 aliphatic heterocycles. The molecule has 112 valence electrons. The van der Waals surface area contributed by atoms with E-state index in [1.54, 1.807) is 0 Å². The molecule has 3 heteroatoms. The van der Waals surface area contributed by atoms with Crippen LogP contribution in [0.15, 0.2) is 24.3 Å². The SMILES string of the molecule is Cc1ccccc1OCC(O)C1CCN(C(C)C)CC1. The van der Waals surface area contributed by atoms with Crippen molar-refractivity contribution >= 4 is 0 Å². The number of aliphatic hydroxyl groups is 1. The largest absolute Gasteiger partial charge is 0.491 e. The van der Waals surface area contributed by atoms with Crippen LogP contribution in [-0.2, 0) is 0 Å². The van der Waals surface area contributed by atoms with Gasteiger partial charge in [-0.1, -0.05) is 18.2 Å². The smallest absolute Gasteiger partial charge is 0.122 e. The van der Waals surface area contributed by atoms with Gasteiger partial charge < -0.3 is 14.7 Å². The van der Waals surface area contributed by atoms with Crippen molar-refractivity contribution in [2.75, 3.05) is 19.7 Å². The lowest BCUT2D eigenvalue weighted by Gasteiger charge is -2.36. The van der Waals surface area contributed by atoms with Crippen LogP contribution < -0.4 is 4.74 Å². The summed E-state index contributed by atoms with van der Waals surface area (Å²) in [6.07, 6.45) is 1.77. The minimum absolute atomic E-state index is 0.357. The van der Waals surface area contributed by atoms with E-state index in [1.165, 1.54) is 0 Å². The predicted molar refractivity (Wildman–Crippen MR) is 82.1 cm³/mol. The van der Waals surface area contributed by atoms with Crippen LogP contribution in [-0.4, -0.2) is 41.8 Å². The zero-order valence-electron chi connectivity index (χ0n) is 12.9. The summed E-state index contributed by atoms with van der Waals surface area (Å²) in [5.41, 5.74) is 1.12. The van der Waals surface area contributed by atoms with Crippen LogP contribution in [0.25, 0.3) is 0 Å². The fourth-order valence-electron chi connectivity index (χ4n) is 2.85. The van der Waals surface area contributed by atoms with Crippen LogP contribution in [0.1, 0.15) is 32.3 Å². The summed E-state index contributed by atoms with van der Waals surface area (Å²) < 4.78 is 5.76. The van der Waals surface area contributed by atoms with Gasteiger partial charge in [-0.15, -0.1) is 0 Å². The van der Waals surface area contributed by atoms with Gasteiger partial charge in [0.25, 0.3) is 0 Å². The summed E-state index contributed by atoms with van der Waals surface area (Å²) in [5.74, 6) is 1.25. The molecule has 1 N–H and O–H groups in total. The predicted octanol–water partition coefficient (Wildman–Crippen LogP) is 2.86. The number of aryl methyl sites for hydroxylation is 1. The van der Waals surface area contributed by atoms with E-state index < -0.39 is 0 Å². The minimum Gasteiger partial charge on any atom is -0.491 e. The Morgan fingerprint density at radius 3 is 2.50 bits per heavy atom. The van der Waals surface area contributed by atoms with Gasteiger partial charge in [0.1, 0.15) is 12.4 Å². The first-order valence-electron chi connectivity index (χ1n) is 7.68. The summed E-state index contributed by atoms with van der Waals surface area (Å²) >= 11 is 0. The van der Waals surface area contributed by atoms with Crippen molar-refractivity contribution in [1.82, 2.24) is 4.90 Å². The fraction of sp³-hybridized carbons (Fsp3) is 0.647. The maximum absolute atomic E-state index is 10.3. The van der Waals surface area contributed by atoms with Crippen molar-refractivity contribution in [3.8, 4) is 5.75 Å². The van der Waals surface area contributed by atoms with Gasteiger partial charge in [-0.2, -0.15) is 0 Å². The van der Waals surface area contributed by atoms with Gasteiger partial charge in [-0.05, 0) is 64.3 Å². The Balaban J connectivity index is 1.79. The average Bonchev–Trinajstić information content (AvgIpc) is 2.46. The topological polar surface area (TPSA) is 32.7 Å². The highest BCUT2D eigenvalue weighted by atomic mass is 16.5. The highest BCUT2D eigenvalue weighted by Crippen LogP contribution is 2.23. The van der Waals surface area contributed by atoms with E-state index in [0.29, 0.717) is 18.6 Å². The molecule has 1 heterocycles. The first kappa shape index (κ1) is 15.3. The van der Waals surface area contributed by atoms with Crippen molar-refractivity contribution in [1.29, 1.82) is 0 Å². The van der Waals surface area contributed by atoms with E-state index in [4.69, 9.17) is 4.74 Å². The van der Waals surface area contributed by atoms with E-state index in [-0.39, 0.29) is 6.10 Å². The molecular weight excluding hydrogens is 250 g/mol. The molecule has 0 amide bonds. The summed E-state index contributed by atoms with van der Waals surface area (Å²) in [7, 11) is 0. The van der Waals surface area contributed by atoms with Crippen molar-refractivity contribution in [2.24, 2.45) is 5.92 Å². The molecule has 0 bridgehead atoms. The van der Waals surface area contributed by atoms with Gasteiger partial charge in [0.15, 0.2) is 0 Å². The second kappa shape index (κ2) is 7.09. The molecule has 0 aliphatic carbocycles. The Morgan fingerprint density at radius 1 is 1.25 bits per heavy atom. The van der Waals surface area contributed by atoms with Crippen molar-refractivity contribution in [3.05, 3.63) is 29.8 Å². The monoisotopic (exact) mass is 277 g/mol. The van der Waals surface area contributed by atoms with Crippen LogP contribution in [0.2, 0.25) is 0 Å². The number of para-hydroxylation sites is 1.